The topological polar surface area (TPSA) is 39.9 Å². The highest BCUT2D eigenvalue weighted by Crippen LogP contribution is 2.27. The summed E-state index contributed by atoms with van der Waals surface area (Å²) < 4.78 is 8.02. The molecule has 0 radical (unpaired) electrons. The number of aryl methyl sites for hydroxylation is 2. The molecule has 0 atom stereocenters. The van der Waals surface area contributed by atoms with Gasteiger partial charge in [-0.1, -0.05) is 94.4 Å². The zero-order chi connectivity index (χ0) is 20.9. The van der Waals surface area contributed by atoms with E-state index in [2.05, 4.69) is 98.1 Å². The molecule has 4 nitrogen and oxygen atoms in total. The summed E-state index contributed by atoms with van der Waals surface area (Å²) in [6.45, 7) is 13.1. The lowest BCUT2D eigenvalue weighted by Gasteiger charge is -2.19. The second-order valence-electron chi connectivity index (χ2n) is 9.14. The van der Waals surface area contributed by atoms with Crippen LogP contribution in [0.3, 0.4) is 0 Å². The standard InChI is InChI=1S/C25H33N3O/c1-19(2)23-24(21-12-7-6-8-13-21)28(27-26-23)16-15-20-11-9-10-14-22(20)17-29-18-25(3,4)5/h6-14,19H,15-18H2,1-5H3. The maximum Gasteiger partial charge on any atom is 0.0932 e. The van der Waals surface area contributed by atoms with Crippen LogP contribution in [-0.2, 0) is 24.3 Å². The minimum absolute atomic E-state index is 0.174. The molecule has 0 spiro atoms. The van der Waals surface area contributed by atoms with Crippen LogP contribution in [0, 0.1) is 5.41 Å². The number of rotatable bonds is 8. The highest BCUT2D eigenvalue weighted by molar-refractivity contribution is 5.62. The van der Waals surface area contributed by atoms with E-state index in [1.54, 1.807) is 0 Å². The summed E-state index contributed by atoms with van der Waals surface area (Å²) in [6.07, 6.45) is 0.899. The fourth-order valence-corrected chi connectivity index (χ4v) is 3.40. The number of ether oxygens (including phenoxy) is 1. The summed E-state index contributed by atoms with van der Waals surface area (Å²) in [7, 11) is 0. The van der Waals surface area contributed by atoms with Gasteiger partial charge in [0.1, 0.15) is 0 Å². The molecule has 0 unspecified atom stereocenters. The predicted molar refractivity (Wildman–Crippen MR) is 119 cm³/mol. The Morgan fingerprint density at radius 1 is 0.931 bits per heavy atom. The number of hydrogen-bond donors (Lipinski definition) is 0. The Labute approximate surface area is 174 Å². The minimum Gasteiger partial charge on any atom is -0.376 e. The number of nitrogens with zero attached hydrogens (tertiary/aromatic N) is 3. The van der Waals surface area contributed by atoms with Gasteiger partial charge in [0.15, 0.2) is 0 Å². The SMILES string of the molecule is CC(C)c1nnn(CCc2ccccc2COCC(C)(C)C)c1-c1ccccc1. The second-order valence-corrected chi connectivity index (χ2v) is 9.14. The smallest absolute Gasteiger partial charge is 0.0932 e. The third-order valence-electron chi connectivity index (χ3n) is 4.86. The van der Waals surface area contributed by atoms with Gasteiger partial charge in [-0.25, -0.2) is 4.68 Å². The molecule has 0 amide bonds. The van der Waals surface area contributed by atoms with Crippen LogP contribution in [-0.4, -0.2) is 21.6 Å². The van der Waals surface area contributed by atoms with Crippen LogP contribution in [0.4, 0.5) is 0 Å². The molecule has 3 aromatic rings. The van der Waals surface area contributed by atoms with Crippen LogP contribution in [0.25, 0.3) is 11.3 Å². The Hall–Kier alpha value is -2.46. The molecule has 29 heavy (non-hydrogen) atoms. The van der Waals surface area contributed by atoms with E-state index in [-0.39, 0.29) is 5.41 Å². The van der Waals surface area contributed by atoms with Gasteiger partial charge in [0.05, 0.1) is 24.6 Å². The van der Waals surface area contributed by atoms with Gasteiger partial charge >= 0.3 is 0 Å². The molecule has 154 valence electrons. The third kappa shape index (κ3) is 5.77. The molecule has 0 aliphatic rings. The van der Waals surface area contributed by atoms with Crippen molar-refractivity contribution in [1.82, 2.24) is 15.0 Å². The summed E-state index contributed by atoms with van der Waals surface area (Å²) in [5, 5.41) is 8.98. The average molecular weight is 392 g/mol. The lowest BCUT2D eigenvalue weighted by Crippen LogP contribution is -2.15. The molecule has 3 rings (SSSR count). The van der Waals surface area contributed by atoms with E-state index in [4.69, 9.17) is 4.74 Å². The first kappa shape index (κ1) is 21.3. The van der Waals surface area contributed by atoms with Gasteiger partial charge in [-0.05, 0) is 28.9 Å². The van der Waals surface area contributed by atoms with E-state index < -0.39 is 0 Å². The second kappa shape index (κ2) is 9.36. The van der Waals surface area contributed by atoms with Crippen molar-refractivity contribution in [3.8, 4) is 11.3 Å². The maximum absolute atomic E-state index is 5.97. The molecular formula is C25H33N3O. The summed E-state index contributed by atoms with van der Waals surface area (Å²) in [4.78, 5) is 0. The average Bonchev–Trinajstić information content (AvgIpc) is 3.11. The van der Waals surface area contributed by atoms with Gasteiger partial charge < -0.3 is 4.74 Å². The van der Waals surface area contributed by atoms with Crippen LogP contribution in [0.5, 0.6) is 0 Å². The third-order valence-corrected chi connectivity index (χ3v) is 4.86. The van der Waals surface area contributed by atoms with Crippen molar-refractivity contribution in [2.45, 2.75) is 60.1 Å². The van der Waals surface area contributed by atoms with E-state index in [0.717, 1.165) is 31.0 Å². The van der Waals surface area contributed by atoms with Gasteiger partial charge in [-0.15, -0.1) is 5.10 Å². The summed E-state index contributed by atoms with van der Waals surface area (Å²) in [5.74, 6) is 0.331. The first-order chi connectivity index (χ1) is 13.8. The minimum atomic E-state index is 0.174. The summed E-state index contributed by atoms with van der Waals surface area (Å²) >= 11 is 0. The molecule has 0 bridgehead atoms. The zero-order valence-electron chi connectivity index (χ0n) is 18.4. The summed E-state index contributed by atoms with van der Waals surface area (Å²) in [5.41, 5.74) is 6.08. The molecule has 4 heteroatoms. The van der Waals surface area contributed by atoms with Crippen molar-refractivity contribution in [1.29, 1.82) is 0 Å². The van der Waals surface area contributed by atoms with Gasteiger partial charge in [0, 0.05) is 12.1 Å². The molecule has 0 saturated carbocycles. The van der Waals surface area contributed by atoms with Crippen molar-refractivity contribution >= 4 is 0 Å². The molecule has 0 N–H and O–H groups in total. The lowest BCUT2D eigenvalue weighted by molar-refractivity contribution is 0.0595. The highest BCUT2D eigenvalue weighted by atomic mass is 16.5. The van der Waals surface area contributed by atoms with Gasteiger partial charge in [-0.2, -0.15) is 0 Å². The van der Waals surface area contributed by atoms with E-state index >= 15 is 0 Å². The van der Waals surface area contributed by atoms with Crippen LogP contribution in [0.1, 0.15) is 57.4 Å². The molecular weight excluding hydrogens is 358 g/mol. The molecule has 0 aliphatic carbocycles. The fourth-order valence-electron chi connectivity index (χ4n) is 3.40. The Morgan fingerprint density at radius 2 is 1.59 bits per heavy atom. The van der Waals surface area contributed by atoms with Crippen LogP contribution < -0.4 is 0 Å². The highest BCUT2D eigenvalue weighted by Gasteiger charge is 2.18. The van der Waals surface area contributed by atoms with Crippen molar-refractivity contribution in [3.05, 3.63) is 71.4 Å². The Morgan fingerprint density at radius 3 is 2.24 bits per heavy atom. The quantitative estimate of drug-likeness (QED) is 0.482. The largest absolute Gasteiger partial charge is 0.376 e. The lowest BCUT2D eigenvalue weighted by atomic mass is 9.98. The van der Waals surface area contributed by atoms with Crippen molar-refractivity contribution in [2.75, 3.05) is 6.61 Å². The number of benzene rings is 2. The van der Waals surface area contributed by atoms with Crippen LogP contribution in [0.2, 0.25) is 0 Å². The molecule has 2 aromatic carbocycles. The predicted octanol–water partition coefficient (Wildman–Crippen LogP) is 5.87. The van der Waals surface area contributed by atoms with Crippen molar-refractivity contribution < 1.29 is 4.74 Å². The maximum atomic E-state index is 5.97. The van der Waals surface area contributed by atoms with Crippen LogP contribution >= 0.6 is 0 Å². The van der Waals surface area contributed by atoms with Crippen molar-refractivity contribution in [3.63, 3.8) is 0 Å². The Kier molecular flexibility index (Phi) is 6.86. The van der Waals surface area contributed by atoms with Crippen LogP contribution in [0.15, 0.2) is 54.6 Å². The molecule has 0 fully saturated rings. The van der Waals surface area contributed by atoms with E-state index in [1.807, 2.05) is 6.07 Å². The van der Waals surface area contributed by atoms with Gasteiger partial charge in [0.2, 0.25) is 0 Å². The first-order valence-corrected chi connectivity index (χ1v) is 10.5. The normalized spacial score (nSPS) is 11.9. The molecule has 0 aliphatic heterocycles. The molecule has 1 heterocycles. The Bertz CT molecular complexity index is 907. The molecule has 1 aromatic heterocycles. The van der Waals surface area contributed by atoms with E-state index in [0.29, 0.717) is 12.5 Å². The van der Waals surface area contributed by atoms with Gasteiger partial charge in [-0.3, -0.25) is 0 Å². The van der Waals surface area contributed by atoms with E-state index in [9.17, 15) is 0 Å². The van der Waals surface area contributed by atoms with E-state index in [1.165, 1.54) is 16.7 Å². The monoisotopic (exact) mass is 391 g/mol. The number of aromatic nitrogens is 3. The van der Waals surface area contributed by atoms with Gasteiger partial charge in [0.25, 0.3) is 0 Å². The number of hydrogen-bond acceptors (Lipinski definition) is 3. The fraction of sp³-hybridized carbons (Fsp3) is 0.440. The Balaban J connectivity index is 1.77. The summed E-state index contributed by atoms with van der Waals surface area (Å²) in [6, 6.07) is 19.0. The van der Waals surface area contributed by atoms with Crippen molar-refractivity contribution in [2.24, 2.45) is 5.41 Å². The molecule has 0 saturated heterocycles. The first-order valence-electron chi connectivity index (χ1n) is 10.5. The zero-order valence-corrected chi connectivity index (χ0v) is 18.4.